The molecule has 4 aromatic rings. The van der Waals surface area contributed by atoms with Crippen LogP contribution in [0, 0.1) is 5.82 Å². The number of benzene rings is 2. The smallest absolute Gasteiger partial charge is 0.221 e. The molecule has 2 aromatic carbocycles. The number of anilines is 1. The van der Waals surface area contributed by atoms with E-state index in [4.69, 9.17) is 0 Å². The Bertz CT molecular complexity index is 1240. The Morgan fingerprint density at radius 3 is 2.67 bits per heavy atom. The lowest BCUT2D eigenvalue weighted by molar-refractivity contribution is -0.114. The number of thioether (sulfide) groups is 1. The average Bonchev–Trinajstić information content (AvgIpc) is 3.17. The molecule has 0 spiro atoms. The Kier molecular flexibility index (Phi) is 5.53. The molecule has 9 heteroatoms. The van der Waals surface area contributed by atoms with E-state index in [1.807, 2.05) is 30.3 Å². The number of carbonyl (C=O) groups is 2. The van der Waals surface area contributed by atoms with Crippen LogP contribution in [0.25, 0.3) is 16.7 Å². The molecular weight excluding hydrogens is 405 g/mol. The first-order valence-electron chi connectivity index (χ1n) is 9.00. The number of nitrogens with one attached hydrogen (secondary N) is 1. The summed E-state index contributed by atoms with van der Waals surface area (Å²) in [5.41, 5.74) is 1.74. The number of ketones is 1. The topological polar surface area (TPSA) is 89.8 Å². The number of amides is 1. The lowest BCUT2D eigenvalue weighted by atomic mass is 10.1. The zero-order chi connectivity index (χ0) is 21.1. The Hall–Kier alpha value is -3.59. The normalized spacial score (nSPS) is 10.9. The molecule has 0 atom stereocenters. The summed E-state index contributed by atoms with van der Waals surface area (Å²) in [4.78, 5) is 32.2. The summed E-state index contributed by atoms with van der Waals surface area (Å²) in [6, 6.07) is 13.6. The Labute approximate surface area is 175 Å². The van der Waals surface area contributed by atoms with E-state index in [0.717, 1.165) is 11.8 Å². The summed E-state index contributed by atoms with van der Waals surface area (Å²) >= 11 is 1.19. The van der Waals surface area contributed by atoms with E-state index in [1.165, 1.54) is 37.1 Å². The van der Waals surface area contributed by atoms with Gasteiger partial charge in [0.25, 0.3) is 0 Å². The van der Waals surface area contributed by atoms with E-state index in [-0.39, 0.29) is 23.0 Å². The SMILES string of the molecule is CC(=O)Nc1ccc(C(=O)CSc2ncnc3c2cnn3-c2ccccc2)c(F)c1. The number of hydrogen-bond donors (Lipinski definition) is 1. The Morgan fingerprint density at radius 2 is 1.93 bits per heavy atom. The second-order valence-corrected chi connectivity index (χ2v) is 7.36. The van der Waals surface area contributed by atoms with Gasteiger partial charge < -0.3 is 5.32 Å². The lowest BCUT2D eigenvalue weighted by Crippen LogP contribution is -2.09. The highest BCUT2D eigenvalue weighted by molar-refractivity contribution is 8.00. The maximum absolute atomic E-state index is 14.3. The maximum Gasteiger partial charge on any atom is 0.221 e. The van der Waals surface area contributed by atoms with Crippen LogP contribution in [0.15, 0.2) is 66.1 Å². The van der Waals surface area contributed by atoms with E-state index in [0.29, 0.717) is 21.7 Å². The third-order valence-electron chi connectivity index (χ3n) is 4.26. The molecule has 1 amide bonds. The third-order valence-corrected chi connectivity index (χ3v) is 5.27. The standard InChI is InChI=1S/C21H16FN5O2S/c1-13(28)26-14-7-8-16(18(22)9-14)19(29)11-30-21-17-10-25-27(20(17)23-12-24-21)15-5-3-2-4-6-15/h2-10,12H,11H2,1H3,(H,26,28). The van der Waals surface area contributed by atoms with Gasteiger partial charge in [0.1, 0.15) is 17.2 Å². The summed E-state index contributed by atoms with van der Waals surface area (Å²) in [6.07, 6.45) is 3.07. The van der Waals surface area contributed by atoms with E-state index in [1.54, 1.807) is 10.9 Å². The number of rotatable bonds is 6. The molecule has 2 heterocycles. The fourth-order valence-electron chi connectivity index (χ4n) is 2.93. The number of Topliss-reactive ketones (excluding diaryl/α,β-unsaturated/α-hetero) is 1. The highest BCUT2D eigenvalue weighted by Crippen LogP contribution is 2.27. The predicted molar refractivity (Wildman–Crippen MR) is 112 cm³/mol. The van der Waals surface area contributed by atoms with Crippen LogP contribution in [0.5, 0.6) is 0 Å². The fourth-order valence-corrected chi connectivity index (χ4v) is 3.77. The van der Waals surface area contributed by atoms with Crippen LogP contribution in [0.3, 0.4) is 0 Å². The summed E-state index contributed by atoms with van der Waals surface area (Å²) in [7, 11) is 0. The Balaban J connectivity index is 1.53. The molecule has 0 saturated carbocycles. The van der Waals surface area contributed by atoms with Crippen LogP contribution in [0.1, 0.15) is 17.3 Å². The molecule has 0 aliphatic rings. The van der Waals surface area contributed by atoms with Gasteiger partial charge in [-0.25, -0.2) is 19.0 Å². The molecule has 30 heavy (non-hydrogen) atoms. The minimum absolute atomic E-state index is 0.000958. The number of aromatic nitrogens is 4. The number of fused-ring (bicyclic) bond motifs is 1. The summed E-state index contributed by atoms with van der Waals surface area (Å²) in [6.45, 7) is 1.33. The van der Waals surface area contributed by atoms with Crippen LogP contribution < -0.4 is 5.32 Å². The van der Waals surface area contributed by atoms with Gasteiger partial charge in [-0.3, -0.25) is 9.59 Å². The molecule has 0 saturated heterocycles. The number of para-hydroxylation sites is 1. The molecule has 4 rings (SSSR count). The van der Waals surface area contributed by atoms with Crippen LogP contribution in [0.2, 0.25) is 0 Å². The number of halogens is 1. The van der Waals surface area contributed by atoms with Gasteiger partial charge in [-0.1, -0.05) is 30.0 Å². The van der Waals surface area contributed by atoms with E-state index >= 15 is 0 Å². The van der Waals surface area contributed by atoms with Crippen LogP contribution in [-0.2, 0) is 4.79 Å². The van der Waals surface area contributed by atoms with E-state index in [9.17, 15) is 14.0 Å². The largest absolute Gasteiger partial charge is 0.326 e. The van der Waals surface area contributed by atoms with E-state index < -0.39 is 5.82 Å². The van der Waals surface area contributed by atoms with Crippen LogP contribution in [0.4, 0.5) is 10.1 Å². The number of nitrogens with zero attached hydrogens (tertiary/aromatic N) is 4. The van der Waals surface area contributed by atoms with Crippen molar-refractivity contribution in [3.8, 4) is 5.69 Å². The molecule has 0 aliphatic heterocycles. The fraction of sp³-hybridized carbons (Fsp3) is 0.0952. The van der Waals surface area contributed by atoms with Crippen molar-refractivity contribution >= 4 is 40.2 Å². The minimum atomic E-state index is -0.684. The highest BCUT2D eigenvalue weighted by Gasteiger charge is 2.16. The molecule has 150 valence electrons. The second kappa shape index (κ2) is 8.42. The van der Waals surface area contributed by atoms with Gasteiger partial charge in [-0.05, 0) is 30.3 Å². The molecule has 0 radical (unpaired) electrons. The summed E-state index contributed by atoms with van der Waals surface area (Å²) in [5, 5.41) is 8.16. The number of hydrogen-bond acceptors (Lipinski definition) is 6. The van der Waals surface area contributed by atoms with Crippen molar-refractivity contribution in [2.45, 2.75) is 11.9 Å². The molecule has 0 fully saturated rings. The molecule has 1 N–H and O–H groups in total. The maximum atomic E-state index is 14.3. The third kappa shape index (κ3) is 4.06. The van der Waals surface area contributed by atoms with E-state index in [2.05, 4.69) is 20.4 Å². The zero-order valence-electron chi connectivity index (χ0n) is 15.9. The average molecular weight is 421 g/mol. The molecule has 2 aromatic heterocycles. The quantitative estimate of drug-likeness (QED) is 0.289. The molecule has 0 bridgehead atoms. The molecule has 0 unspecified atom stereocenters. The molecule has 7 nitrogen and oxygen atoms in total. The van der Waals surface area contributed by atoms with Crippen LogP contribution in [-0.4, -0.2) is 37.2 Å². The van der Waals surface area contributed by atoms with Gasteiger partial charge in [-0.2, -0.15) is 5.10 Å². The van der Waals surface area contributed by atoms with Crippen molar-refractivity contribution in [1.82, 2.24) is 19.7 Å². The van der Waals surface area contributed by atoms with Crippen molar-refractivity contribution < 1.29 is 14.0 Å². The van der Waals surface area contributed by atoms with Gasteiger partial charge in [0.15, 0.2) is 11.4 Å². The monoisotopic (exact) mass is 421 g/mol. The molecular formula is C21H16FN5O2S. The first-order chi connectivity index (χ1) is 14.5. The van der Waals surface area contributed by atoms with Gasteiger partial charge in [0, 0.05) is 12.6 Å². The lowest BCUT2D eigenvalue weighted by Gasteiger charge is -2.07. The van der Waals surface area contributed by atoms with Gasteiger partial charge in [0.05, 0.1) is 28.6 Å². The van der Waals surface area contributed by atoms with Crippen molar-refractivity contribution in [2.24, 2.45) is 0 Å². The van der Waals surface area contributed by atoms with Gasteiger partial charge in [0.2, 0.25) is 5.91 Å². The van der Waals surface area contributed by atoms with Crippen molar-refractivity contribution in [1.29, 1.82) is 0 Å². The number of carbonyl (C=O) groups excluding carboxylic acids is 2. The second-order valence-electron chi connectivity index (χ2n) is 6.40. The summed E-state index contributed by atoms with van der Waals surface area (Å²) in [5.74, 6) is -1.38. The minimum Gasteiger partial charge on any atom is -0.326 e. The van der Waals surface area contributed by atoms with Crippen LogP contribution >= 0.6 is 11.8 Å². The van der Waals surface area contributed by atoms with Crippen molar-refractivity contribution in [3.63, 3.8) is 0 Å². The Morgan fingerprint density at radius 1 is 1.13 bits per heavy atom. The first-order valence-corrected chi connectivity index (χ1v) is 9.99. The molecule has 0 aliphatic carbocycles. The predicted octanol–water partition coefficient (Wildman–Crippen LogP) is 3.89. The zero-order valence-corrected chi connectivity index (χ0v) is 16.7. The summed E-state index contributed by atoms with van der Waals surface area (Å²) < 4.78 is 16.0. The first kappa shape index (κ1) is 19.7. The van der Waals surface area contributed by atoms with Crippen molar-refractivity contribution in [3.05, 3.63) is 72.4 Å². The highest BCUT2D eigenvalue weighted by atomic mass is 32.2. The van der Waals surface area contributed by atoms with Crippen molar-refractivity contribution in [2.75, 3.05) is 11.1 Å². The van der Waals surface area contributed by atoms with Gasteiger partial charge >= 0.3 is 0 Å². The van der Waals surface area contributed by atoms with Gasteiger partial charge in [-0.15, -0.1) is 0 Å².